The second kappa shape index (κ2) is 7.55. The predicted octanol–water partition coefficient (Wildman–Crippen LogP) is 3.31. The van der Waals surface area contributed by atoms with Gasteiger partial charge in [0, 0.05) is 18.7 Å². The third-order valence-electron chi connectivity index (χ3n) is 4.85. The number of carbonyl (C=O) groups excluding carboxylic acids is 1. The Kier molecular flexibility index (Phi) is 5.22. The molecule has 0 radical (unpaired) electrons. The Balaban J connectivity index is 1.62. The number of rotatable bonds is 5. The smallest absolute Gasteiger partial charge is 0.311 e. The lowest BCUT2D eigenvalue weighted by molar-refractivity contribution is -0.136. The summed E-state index contributed by atoms with van der Waals surface area (Å²) >= 11 is 0. The predicted molar refractivity (Wildman–Crippen MR) is 93.6 cm³/mol. The van der Waals surface area contributed by atoms with Crippen molar-refractivity contribution in [1.82, 2.24) is 4.90 Å². The SMILES string of the molecule is Cc1coc(CC(=O)O)c1C(=O)N1CCC(Cc2ccccc2)CC1. The quantitative estimate of drug-likeness (QED) is 0.906. The zero-order valence-electron chi connectivity index (χ0n) is 14.4. The fourth-order valence-corrected chi connectivity index (χ4v) is 3.50. The Morgan fingerprint density at radius 2 is 1.88 bits per heavy atom. The summed E-state index contributed by atoms with van der Waals surface area (Å²) in [6.45, 7) is 3.19. The van der Waals surface area contributed by atoms with Gasteiger partial charge in [-0.25, -0.2) is 0 Å². The molecule has 3 rings (SSSR count). The van der Waals surface area contributed by atoms with Gasteiger partial charge in [0.05, 0.1) is 11.8 Å². The molecular weight excluding hydrogens is 318 g/mol. The number of aliphatic carboxylic acids is 1. The van der Waals surface area contributed by atoms with Crippen molar-refractivity contribution in [2.75, 3.05) is 13.1 Å². The maximum atomic E-state index is 12.8. The van der Waals surface area contributed by atoms with Crippen LogP contribution < -0.4 is 0 Å². The minimum absolute atomic E-state index is 0.110. The van der Waals surface area contributed by atoms with E-state index < -0.39 is 5.97 Å². The summed E-state index contributed by atoms with van der Waals surface area (Å²) in [6.07, 6.45) is 4.17. The van der Waals surface area contributed by atoms with Crippen LogP contribution in [0.15, 0.2) is 41.0 Å². The average Bonchev–Trinajstić information content (AvgIpc) is 2.95. The van der Waals surface area contributed by atoms with Crippen LogP contribution in [0.1, 0.15) is 40.1 Å². The van der Waals surface area contributed by atoms with Gasteiger partial charge in [0.2, 0.25) is 0 Å². The number of hydrogen-bond donors (Lipinski definition) is 1. The molecule has 1 saturated heterocycles. The first-order chi connectivity index (χ1) is 12.0. The topological polar surface area (TPSA) is 70.7 Å². The Morgan fingerprint density at radius 3 is 2.52 bits per heavy atom. The van der Waals surface area contributed by atoms with E-state index in [9.17, 15) is 9.59 Å². The molecule has 5 heteroatoms. The number of aryl methyl sites for hydroxylation is 1. The number of likely N-dealkylation sites (tertiary alicyclic amines) is 1. The maximum Gasteiger partial charge on any atom is 0.311 e. The number of carbonyl (C=O) groups is 2. The highest BCUT2D eigenvalue weighted by molar-refractivity contribution is 5.97. The Bertz CT molecular complexity index is 742. The van der Waals surface area contributed by atoms with E-state index in [4.69, 9.17) is 9.52 Å². The first kappa shape index (κ1) is 17.3. The molecule has 1 aliphatic heterocycles. The second-order valence-corrected chi connectivity index (χ2v) is 6.71. The van der Waals surface area contributed by atoms with Crippen LogP contribution in [-0.4, -0.2) is 35.0 Å². The summed E-state index contributed by atoms with van der Waals surface area (Å²) in [5, 5.41) is 8.98. The van der Waals surface area contributed by atoms with Crippen LogP contribution in [0.4, 0.5) is 0 Å². The van der Waals surface area contributed by atoms with Crippen molar-refractivity contribution in [2.24, 2.45) is 5.92 Å². The second-order valence-electron chi connectivity index (χ2n) is 6.71. The van der Waals surface area contributed by atoms with Gasteiger partial charge in [0.25, 0.3) is 5.91 Å². The van der Waals surface area contributed by atoms with Crippen molar-refractivity contribution in [3.8, 4) is 0 Å². The summed E-state index contributed by atoms with van der Waals surface area (Å²) in [7, 11) is 0. The third kappa shape index (κ3) is 4.10. The van der Waals surface area contributed by atoms with Gasteiger partial charge in [-0.3, -0.25) is 9.59 Å². The van der Waals surface area contributed by atoms with E-state index in [0.717, 1.165) is 19.3 Å². The molecule has 0 spiro atoms. The first-order valence-corrected chi connectivity index (χ1v) is 8.66. The highest BCUT2D eigenvalue weighted by Crippen LogP contribution is 2.25. The van der Waals surface area contributed by atoms with Gasteiger partial charge in [0.1, 0.15) is 12.2 Å². The van der Waals surface area contributed by atoms with Crippen molar-refractivity contribution in [3.05, 3.63) is 59.0 Å². The van der Waals surface area contributed by atoms with Gasteiger partial charge in [-0.15, -0.1) is 0 Å². The summed E-state index contributed by atoms with van der Waals surface area (Å²) in [5.74, 6) is -0.276. The molecule has 2 aromatic rings. The van der Waals surface area contributed by atoms with E-state index >= 15 is 0 Å². The van der Waals surface area contributed by atoms with Crippen LogP contribution in [0, 0.1) is 12.8 Å². The van der Waals surface area contributed by atoms with Crippen LogP contribution in [0.3, 0.4) is 0 Å². The molecule has 1 aromatic carbocycles. The first-order valence-electron chi connectivity index (χ1n) is 8.66. The summed E-state index contributed by atoms with van der Waals surface area (Å²) < 4.78 is 5.29. The molecular formula is C20H23NO4. The number of carboxylic acids is 1. The molecule has 1 N–H and O–H groups in total. The van der Waals surface area contributed by atoms with Gasteiger partial charge in [-0.2, -0.15) is 0 Å². The number of nitrogens with zero attached hydrogens (tertiary/aromatic N) is 1. The Hall–Kier alpha value is -2.56. The average molecular weight is 341 g/mol. The fraction of sp³-hybridized carbons (Fsp3) is 0.400. The number of amides is 1. The summed E-state index contributed by atoms with van der Waals surface area (Å²) in [5.41, 5.74) is 2.46. The molecule has 0 unspecified atom stereocenters. The van der Waals surface area contributed by atoms with Gasteiger partial charge in [-0.1, -0.05) is 30.3 Å². The number of piperidine rings is 1. The maximum absolute atomic E-state index is 12.8. The van der Waals surface area contributed by atoms with Crippen LogP contribution >= 0.6 is 0 Å². The largest absolute Gasteiger partial charge is 0.481 e. The molecule has 2 heterocycles. The monoisotopic (exact) mass is 341 g/mol. The minimum Gasteiger partial charge on any atom is -0.481 e. The van der Waals surface area contributed by atoms with Crippen molar-refractivity contribution < 1.29 is 19.1 Å². The zero-order valence-corrected chi connectivity index (χ0v) is 14.4. The minimum atomic E-state index is -0.995. The number of furan rings is 1. The Morgan fingerprint density at radius 1 is 1.20 bits per heavy atom. The van der Waals surface area contributed by atoms with Crippen LogP contribution in [0.2, 0.25) is 0 Å². The molecule has 5 nitrogen and oxygen atoms in total. The fourth-order valence-electron chi connectivity index (χ4n) is 3.50. The van der Waals surface area contributed by atoms with Crippen molar-refractivity contribution in [1.29, 1.82) is 0 Å². The van der Waals surface area contributed by atoms with E-state index in [1.165, 1.54) is 11.8 Å². The molecule has 25 heavy (non-hydrogen) atoms. The van der Waals surface area contributed by atoms with E-state index in [-0.39, 0.29) is 18.1 Å². The van der Waals surface area contributed by atoms with Gasteiger partial charge < -0.3 is 14.4 Å². The Labute approximate surface area is 147 Å². The standard InChI is InChI=1S/C20H23NO4/c1-14-13-25-17(12-18(22)23)19(14)20(24)21-9-7-16(8-10-21)11-15-5-3-2-4-6-15/h2-6,13,16H,7-12H2,1H3,(H,22,23). The van der Waals surface area contributed by atoms with Crippen LogP contribution in [0.5, 0.6) is 0 Å². The van der Waals surface area contributed by atoms with Gasteiger partial charge in [-0.05, 0) is 37.7 Å². The van der Waals surface area contributed by atoms with Crippen molar-refractivity contribution in [2.45, 2.75) is 32.6 Å². The zero-order chi connectivity index (χ0) is 17.8. The van der Waals surface area contributed by atoms with Gasteiger partial charge in [0.15, 0.2) is 0 Å². The number of benzene rings is 1. The van der Waals surface area contributed by atoms with Crippen LogP contribution in [0.25, 0.3) is 0 Å². The molecule has 1 fully saturated rings. The lowest BCUT2D eigenvalue weighted by Crippen LogP contribution is -2.39. The molecule has 0 atom stereocenters. The number of carboxylic acid groups (broad SMARTS) is 1. The number of hydrogen-bond acceptors (Lipinski definition) is 3. The van der Waals surface area contributed by atoms with E-state index in [1.54, 1.807) is 6.92 Å². The van der Waals surface area contributed by atoms with E-state index in [2.05, 4.69) is 24.3 Å². The summed E-state index contributed by atoms with van der Waals surface area (Å²) in [6, 6.07) is 10.4. The molecule has 0 aliphatic carbocycles. The van der Waals surface area contributed by atoms with E-state index in [1.807, 2.05) is 11.0 Å². The lowest BCUT2D eigenvalue weighted by atomic mass is 9.90. The lowest BCUT2D eigenvalue weighted by Gasteiger charge is -2.32. The molecule has 0 bridgehead atoms. The molecule has 132 valence electrons. The molecule has 0 saturated carbocycles. The summed E-state index contributed by atoms with van der Waals surface area (Å²) in [4.78, 5) is 25.6. The van der Waals surface area contributed by atoms with Crippen LogP contribution in [-0.2, 0) is 17.6 Å². The van der Waals surface area contributed by atoms with Crippen molar-refractivity contribution in [3.63, 3.8) is 0 Å². The third-order valence-corrected chi connectivity index (χ3v) is 4.85. The van der Waals surface area contributed by atoms with E-state index in [0.29, 0.717) is 30.1 Å². The normalized spacial score (nSPS) is 15.3. The molecule has 1 aromatic heterocycles. The molecule has 1 amide bonds. The highest BCUT2D eigenvalue weighted by atomic mass is 16.4. The van der Waals surface area contributed by atoms with Gasteiger partial charge >= 0.3 is 5.97 Å². The van der Waals surface area contributed by atoms with Crippen molar-refractivity contribution >= 4 is 11.9 Å². The molecule has 1 aliphatic rings. The highest BCUT2D eigenvalue weighted by Gasteiger charge is 2.28.